The molecular weight excluding hydrogens is 442 g/mol. The number of benzene rings is 3. The Hall–Kier alpha value is -2.93. The van der Waals surface area contributed by atoms with E-state index in [1.807, 2.05) is 85.7 Å². The zero-order valence-corrected chi connectivity index (χ0v) is 19.4. The minimum Gasteiger partial charge on any atom is -0.457 e. The molecule has 0 N–H and O–H groups in total. The SMILES string of the molecule is CN(C)CCN(C(=O)C1c2ccccc2Oc2ccccc21)c1nc2ccc(Cl)cc2s1. The molecule has 32 heavy (non-hydrogen) atoms. The standard InChI is InChI=1S/C25H22ClN3O2S/c1-28(2)13-14-29(25-27-19-12-11-16(26)15-22(19)32-25)24(30)23-17-7-3-5-9-20(17)31-21-10-6-4-8-18(21)23/h3-12,15,23H,13-14H2,1-2H3. The van der Waals surface area contributed by atoms with E-state index in [2.05, 4.69) is 4.90 Å². The fourth-order valence-corrected chi connectivity index (χ4v) is 5.21. The Balaban J connectivity index is 1.61. The number of para-hydroxylation sites is 2. The van der Waals surface area contributed by atoms with Gasteiger partial charge in [-0.05, 0) is 44.4 Å². The molecule has 1 amide bonds. The molecule has 7 heteroatoms. The number of rotatable bonds is 5. The molecule has 0 saturated heterocycles. The van der Waals surface area contributed by atoms with Crippen LogP contribution in [0.3, 0.4) is 0 Å². The molecule has 0 unspecified atom stereocenters. The molecule has 0 atom stereocenters. The second kappa shape index (κ2) is 8.54. The van der Waals surface area contributed by atoms with Crippen molar-refractivity contribution < 1.29 is 9.53 Å². The van der Waals surface area contributed by atoms with Gasteiger partial charge in [-0.2, -0.15) is 0 Å². The summed E-state index contributed by atoms with van der Waals surface area (Å²) in [6.45, 7) is 1.25. The Labute approximate surface area is 195 Å². The first-order valence-corrected chi connectivity index (χ1v) is 11.6. The van der Waals surface area contributed by atoms with Crippen molar-refractivity contribution in [1.82, 2.24) is 9.88 Å². The molecule has 0 spiro atoms. The van der Waals surface area contributed by atoms with Crippen LogP contribution < -0.4 is 9.64 Å². The summed E-state index contributed by atoms with van der Waals surface area (Å²) in [4.78, 5) is 22.8. The van der Waals surface area contributed by atoms with Crippen LogP contribution >= 0.6 is 22.9 Å². The van der Waals surface area contributed by atoms with Gasteiger partial charge in [0.15, 0.2) is 5.13 Å². The van der Waals surface area contributed by atoms with Gasteiger partial charge in [-0.15, -0.1) is 0 Å². The van der Waals surface area contributed by atoms with E-state index in [0.717, 1.165) is 27.9 Å². The number of ether oxygens (including phenoxy) is 1. The van der Waals surface area contributed by atoms with Crippen LogP contribution in [0.2, 0.25) is 5.02 Å². The van der Waals surface area contributed by atoms with Crippen LogP contribution in [0.5, 0.6) is 11.5 Å². The summed E-state index contributed by atoms with van der Waals surface area (Å²) in [5, 5.41) is 1.33. The highest BCUT2D eigenvalue weighted by molar-refractivity contribution is 7.22. The number of hydrogen-bond acceptors (Lipinski definition) is 5. The molecule has 4 aromatic rings. The number of fused-ring (bicyclic) bond motifs is 3. The molecule has 162 valence electrons. The maximum Gasteiger partial charge on any atom is 0.241 e. The summed E-state index contributed by atoms with van der Waals surface area (Å²) in [6.07, 6.45) is 0. The fourth-order valence-electron chi connectivity index (χ4n) is 3.93. The summed E-state index contributed by atoms with van der Waals surface area (Å²) in [5.74, 6) is 0.954. The van der Waals surface area contributed by atoms with Crippen LogP contribution in [0, 0.1) is 0 Å². The van der Waals surface area contributed by atoms with Gasteiger partial charge in [-0.3, -0.25) is 9.69 Å². The summed E-state index contributed by atoms with van der Waals surface area (Å²) in [5.41, 5.74) is 2.58. The van der Waals surface area contributed by atoms with Crippen molar-refractivity contribution in [1.29, 1.82) is 0 Å². The molecule has 2 heterocycles. The van der Waals surface area contributed by atoms with E-state index < -0.39 is 5.92 Å². The predicted octanol–water partition coefficient (Wildman–Crippen LogP) is 5.78. The van der Waals surface area contributed by atoms with E-state index >= 15 is 0 Å². The molecule has 0 bridgehead atoms. The molecular formula is C25H22ClN3O2S. The minimum atomic E-state index is -0.464. The van der Waals surface area contributed by atoms with Gasteiger partial charge in [-0.1, -0.05) is 59.3 Å². The number of halogens is 1. The number of amides is 1. The Morgan fingerprint density at radius 3 is 2.31 bits per heavy atom. The highest BCUT2D eigenvalue weighted by Gasteiger charge is 2.36. The first-order valence-electron chi connectivity index (χ1n) is 10.4. The first-order chi connectivity index (χ1) is 15.5. The van der Waals surface area contributed by atoms with Crippen LogP contribution in [0.1, 0.15) is 17.0 Å². The lowest BCUT2D eigenvalue weighted by atomic mass is 9.87. The Bertz CT molecular complexity index is 1260. The molecule has 5 rings (SSSR count). The molecule has 5 nitrogen and oxygen atoms in total. The van der Waals surface area contributed by atoms with E-state index in [1.165, 1.54) is 11.3 Å². The van der Waals surface area contributed by atoms with E-state index in [0.29, 0.717) is 28.2 Å². The van der Waals surface area contributed by atoms with Crippen molar-refractivity contribution in [2.75, 3.05) is 32.1 Å². The monoisotopic (exact) mass is 463 g/mol. The molecule has 1 aliphatic rings. The summed E-state index contributed by atoms with van der Waals surface area (Å²) in [6, 6.07) is 21.1. The number of nitrogens with zero attached hydrogens (tertiary/aromatic N) is 3. The number of likely N-dealkylation sites (N-methyl/N-ethyl adjacent to an activating group) is 1. The fraction of sp³-hybridized carbons (Fsp3) is 0.200. The molecule has 3 aromatic carbocycles. The zero-order valence-electron chi connectivity index (χ0n) is 17.8. The van der Waals surface area contributed by atoms with Gasteiger partial charge in [-0.25, -0.2) is 4.98 Å². The van der Waals surface area contributed by atoms with Crippen LogP contribution in [0.25, 0.3) is 10.2 Å². The Kier molecular flexibility index (Phi) is 5.59. The average Bonchev–Trinajstić information content (AvgIpc) is 3.19. The lowest BCUT2D eigenvalue weighted by Crippen LogP contribution is -2.40. The smallest absolute Gasteiger partial charge is 0.241 e. The van der Waals surface area contributed by atoms with E-state index in [9.17, 15) is 4.79 Å². The number of thiazole rings is 1. The maximum absolute atomic E-state index is 14.2. The van der Waals surface area contributed by atoms with Gasteiger partial charge in [0.05, 0.1) is 16.1 Å². The molecule has 0 radical (unpaired) electrons. The van der Waals surface area contributed by atoms with Crippen molar-refractivity contribution in [2.24, 2.45) is 0 Å². The Morgan fingerprint density at radius 2 is 1.66 bits per heavy atom. The van der Waals surface area contributed by atoms with E-state index in [-0.39, 0.29) is 5.91 Å². The summed E-state index contributed by atoms with van der Waals surface area (Å²) >= 11 is 7.67. The van der Waals surface area contributed by atoms with Gasteiger partial charge in [0.2, 0.25) is 5.91 Å². The zero-order chi connectivity index (χ0) is 22.2. The van der Waals surface area contributed by atoms with Crippen LogP contribution in [-0.2, 0) is 4.79 Å². The maximum atomic E-state index is 14.2. The second-order valence-electron chi connectivity index (χ2n) is 8.01. The topological polar surface area (TPSA) is 45.7 Å². The molecule has 0 aliphatic carbocycles. The molecule has 1 aromatic heterocycles. The van der Waals surface area contributed by atoms with Gasteiger partial charge in [0.1, 0.15) is 11.5 Å². The lowest BCUT2D eigenvalue weighted by Gasteiger charge is -2.31. The first kappa shape index (κ1) is 20.9. The summed E-state index contributed by atoms with van der Waals surface area (Å²) in [7, 11) is 4.00. The van der Waals surface area contributed by atoms with Gasteiger partial charge < -0.3 is 9.64 Å². The molecule has 0 saturated carbocycles. The van der Waals surface area contributed by atoms with Gasteiger partial charge >= 0.3 is 0 Å². The van der Waals surface area contributed by atoms with Crippen LogP contribution in [-0.4, -0.2) is 43.0 Å². The molecule has 1 aliphatic heterocycles. The third kappa shape index (κ3) is 3.86. The predicted molar refractivity (Wildman–Crippen MR) is 130 cm³/mol. The number of carbonyl (C=O) groups is 1. The number of anilines is 1. The number of carbonyl (C=O) groups excluding carboxylic acids is 1. The largest absolute Gasteiger partial charge is 0.457 e. The van der Waals surface area contributed by atoms with Crippen molar-refractivity contribution in [3.63, 3.8) is 0 Å². The third-order valence-electron chi connectivity index (χ3n) is 5.53. The van der Waals surface area contributed by atoms with Crippen molar-refractivity contribution in [3.05, 3.63) is 82.9 Å². The third-order valence-corrected chi connectivity index (χ3v) is 6.81. The quantitative estimate of drug-likeness (QED) is 0.376. The summed E-state index contributed by atoms with van der Waals surface area (Å²) < 4.78 is 7.06. The van der Waals surface area contributed by atoms with E-state index in [1.54, 1.807) is 0 Å². The van der Waals surface area contributed by atoms with Crippen LogP contribution in [0.4, 0.5) is 5.13 Å². The lowest BCUT2D eigenvalue weighted by molar-refractivity contribution is -0.119. The van der Waals surface area contributed by atoms with Crippen LogP contribution in [0.15, 0.2) is 66.7 Å². The molecule has 0 fully saturated rings. The highest BCUT2D eigenvalue weighted by atomic mass is 35.5. The van der Waals surface area contributed by atoms with Crippen molar-refractivity contribution in [3.8, 4) is 11.5 Å². The Morgan fingerprint density at radius 1 is 1.00 bits per heavy atom. The van der Waals surface area contributed by atoms with Crippen molar-refractivity contribution in [2.45, 2.75) is 5.92 Å². The normalized spacial score (nSPS) is 13.0. The number of aromatic nitrogens is 1. The van der Waals surface area contributed by atoms with E-state index in [4.69, 9.17) is 21.3 Å². The van der Waals surface area contributed by atoms with Crippen molar-refractivity contribution >= 4 is 44.2 Å². The second-order valence-corrected chi connectivity index (χ2v) is 9.46. The highest BCUT2D eigenvalue weighted by Crippen LogP contribution is 2.45. The average molecular weight is 464 g/mol. The minimum absolute atomic E-state index is 0.0137. The van der Waals surface area contributed by atoms with Gasteiger partial charge in [0.25, 0.3) is 0 Å². The number of hydrogen-bond donors (Lipinski definition) is 0. The van der Waals surface area contributed by atoms with Gasteiger partial charge in [0, 0.05) is 29.2 Å².